The maximum atomic E-state index is 12.4. The largest absolute Gasteiger partial charge is 0.444 e. The summed E-state index contributed by atoms with van der Waals surface area (Å²) in [4.78, 5) is 27.1. The molecule has 0 aliphatic rings. The van der Waals surface area contributed by atoms with Crippen LogP contribution in [0.5, 0.6) is 0 Å². The number of para-hydroxylation sites is 2. The predicted molar refractivity (Wildman–Crippen MR) is 111 cm³/mol. The molecular formula is C21H24N4O4. The number of hydrogen-bond donors (Lipinski definition) is 1. The minimum absolute atomic E-state index is 0.0403. The molecule has 0 aliphatic carbocycles. The van der Waals surface area contributed by atoms with Crippen LogP contribution in [0.2, 0.25) is 0 Å². The van der Waals surface area contributed by atoms with Gasteiger partial charge in [0.05, 0.1) is 28.8 Å². The van der Waals surface area contributed by atoms with Crippen molar-refractivity contribution >= 4 is 28.5 Å². The number of aromatic nitrogens is 2. The van der Waals surface area contributed by atoms with E-state index in [2.05, 4.69) is 31.1 Å². The summed E-state index contributed by atoms with van der Waals surface area (Å²) in [6, 6.07) is 13.4. The fourth-order valence-corrected chi connectivity index (χ4v) is 3.17. The number of nitro benzene ring substituents is 1. The van der Waals surface area contributed by atoms with E-state index < -0.39 is 11.0 Å². The summed E-state index contributed by atoms with van der Waals surface area (Å²) in [7, 11) is 0. The van der Waals surface area contributed by atoms with Crippen LogP contribution in [-0.4, -0.2) is 26.7 Å². The molecule has 0 aliphatic heterocycles. The molecular weight excluding hydrogens is 372 g/mol. The van der Waals surface area contributed by atoms with Crippen molar-refractivity contribution in [1.82, 2.24) is 9.55 Å². The van der Waals surface area contributed by atoms with Crippen molar-refractivity contribution in [3.8, 4) is 0 Å². The van der Waals surface area contributed by atoms with Gasteiger partial charge >= 0.3 is 6.09 Å². The summed E-state index contributed by atoms with van der Waals surface area (Å²) >= 11 is 0. The van der Waals surface area contributed by atoms with Gasteiger partial charge in [-0.1, -0.05) is 32.9 Å². The lowest BCUT2D eigenvalue weighted by Gasteiger charge is -2.26. The minimum atomic E-state index is -0.600. The van der Waals surface area contributed by atoms with E-state index in [9.17, 15) is 14.9 Å². The summed E-state index contributed by atoms with van der Waals surface area (Å²) in [6.07, 6.45) is 1.44. The average molecular weight is 396 g/mol. The SMILES string of the molecule is CC(C)(C)C[C@@H](Cn1cnc2ccccc21)OC(=O)Nc1ccc([N+](=O)[O-])cc1. The topological polar surface area (TPSA) is 99.3 Å². The highest BCUT2D eigenvalue weighted by Gasteiger charge is 2.23. The zero-order chi connectivity index (χ0) is 21.0. The monoisotopic (exact) mass is 396 g/mol. The second kappa shape index (κ2) is 8.30. The molecule has 2 aromatic carbocycles. The third-order valence-corrected chi connectivity index (χ3v) is 4.37. The number of anilines is 1. The molecule has 0 fully saturated rings. The van der Waals surface area contributed by atoms with Crippen LogP contribution < -0.4 is 5.32 Å². The van der Waals surface area contributed by atoms with Gasteiger partial charge in [-0.15, -0.1) is 0 Å². The van der Waals surface area contributed by atoms with E-state index in [1.807, 2.05) is 28.8 Å². The number of benzene rings is 2. The van der Waals surface area contributed by atoms with Crippen molar-refractivity contribution in [3.05, 3.63) is 65.0 Å². The molecule has 3 aromatic rings. The average Bonchev–Trinajstić information content (AvgIpc) is 3.03. The van der Waals surface area contributed by atoms with Gasteiger partial charge in [-0.25, -0.2) is 9.78 Å². The van der Waals surface area contributed by atoms with Crippen molar-refractivity contribution in [1.29, 1.82) is 0 Å². The van der Waals surface area contributed by atoms with Gasteiger partial charge in [0.1, 0.15) is 6.10 Å². The molecule has 3 rings (SSSR count). The quantitative estimate of drug-likeness (QED) is 0.467. The Morgan fingerprint density at radius 1 is 1.21 bits per heavy atom. The normalized spacial score (nSPS) is 12.5. The van der Waals surface area contributed by atoms with Gasteiger partial charge in [-0.3, -0.25) is 15.4 Å². The van der Waals surface area contributed by atoms with E-state index in [1.165, 1.54) is 24.3 Å². The number of nitro groups is 1. The van der Waals surface area contributed by atoms with Crippen LogP contribution in [0.15, 0.2) is 54.9 Å². The lowest BCUT2D eigenvalue weighted by atomic mass is 9.89. The number of imidazole rings is 1. The van der Waals surface area contributed by atoms with E-state index in [-0.39, 0.29) is 17.2 Å². The zero-order valence-corrected chi connectivity index (χ0v) is 16.7. The molecule has 1 N–H and O–H groups in total. The molecule has 152 valence electrons. The smallest absolute Gasteiger partial charge is 0.411 e. The van der Waals surface area contributed by atoms with Crippen LogP contribution in [0.1, 0.15) is 27.2 Å². The lowest BCUT2D eigenvalue weighted by Crippen LogP contribution is -2.30. The Hall–Kier alpha value is -3.42. The summed E-state index contributed by atoms with van der Waals surface area (Å²) in [5.74, 6) is 0. The second-order valence-electron chi connectivity index (χ2n) is 8.11. The number of fused-ring (bicyclic) bond motifs is 1. The lowest BCUT2D eigenvalue weighted by molar-refractivity contribution is -0.384. The Morgan fingerprint density at radius 3 is 2.55 bits per heavy atom. The number of carbonyl (C=O) groups excluding carboxylic acids is 1. The number of hydrogen-bond acceptors (Lipinski definition) is 5. The van der Waals surface area contributed by atoms with Gasteiger partial charge in [-0.2, -0.15) is 0 Å². The van der Waals surface area contributed by atoms with Gasteiger partial charge in [0.25, 0.3) is 5.69 Å². The van der Waals surface area contributed by atoms with Crippen LogP contribution in [0.25, 0.3) is 11.0 Å². The van der Waals surface area contributed by atoms with E-state index in [1.54, 1.807) is 6.33 Å². The molecule has 0 bridgehead atoms. The Morgan fingerprint density at radius 2 is 1.90 bits per heavy atom. The summed E-state index contributed by atoms with van der Waals surface area (Å²) in [5, 5.41) is 13.4. The number of carbonyl (C=O) groups is 1. The summed E-state index contributed by atoms with van der Waals surface area (Å²) in [6.45, 7) is 6.74. The molecule has 29 heavy (non-hydrogen) atoms. The van der Waals surface area contributed by atoms with Crippen LogP contribution >= 0.6 is 0 Å². The first kappa shape index (κ1) is 20.3. The Kier molecular flexibility index (Phi) is 5.81. The molecule has 0 saturated carbocycles. The van der Waals surface area contributed by atoms with Crippen molar-refractivity contribution < 1.29 is 14.5 Å². The van der Waals surface area contributed by atoms with Gasteiger partial charge < -0.3 is 9.30 Å². The van der Waals surface area contributed by atoms with Gasteiger partial charge in [0.2, 0.25) is 0 Å². The molecule has 1 atom stereocenters. The van der Waals surface area contributed by atoms with Gasteiger partial charge in [0, 0.05) is 17.8 Å². The molecule has 0 radical (unpaired) electrons. The first-order valence-corrected chi connectivity index (χ1v) is 9.33. The van der Waals surface area contributed by atoms with Crippen LogP contribution in [-0.2, 0) is 11.3 Å². The Labute approximate surface area is 168 Å². The van der Waals surface area contributed by atoms with E-state index in [4.69, 9.17) is 4.74 Å². The first-order chi connectivity index (χ1) is 13.7. The van der Waals surface area contributed by atoms with E-state index >= 15 is 0 Å². The standard InChI is InChI=1S/C21H24N4O4/c1-21(2,3)12-17(13-24-14-22-18-6-4-5-7-19(18)24)29-20(26)23-15-8-10-16(11-9-15)25(27)28/h4-11,14,17H,12-13H2,1-3H3,(H,23,26)/t17-/m0/s1. The number of nitrogens with zero attached hydrogens (tertiary/aromatic N) is 3. The predicted octanol–water partition coefficient (Wildman–Crippen LogP) is 5.00. The Bertz CT molecular complexity index is 1010. The highest BCUT2D eigenvalue weighted by Crippen LogP contribution is 2.25. The summed E-state index contributed by atoms with van der Waals surface area (Å²) < 4.78 is 7.67. The molecule has 0 saturated heterocycles. The molecule has 8 heteroatoms. The van der Waals surface area contributed by atoms with Crippen molar-refractivity contribution in [2.75, 3.05) is 5.32 Å². The molecule has 8 nitrogen and oxygen atoms in total. The van der Waals surface area contributed by atoms with Gasteiger partial charge in [0.15, 0.2) is 0 Å². The van der Waals surface area contributed by atoms with Gasteiger partial charge in [-0.05, 0) is 36.1 Å². The first-order valence-electron chi connectivity index (χ1n) is 9.33. The highest BCUT2D eigenvalue weighted by molar-refractivity contribution is 5.84. The highest BCUT2D eigenvalue weighted by atomic mass is 16.6. The number of amides is 1. The number of ether oxygens (including phenoxy) is 1. The van der Waals surface area contributed by atoms with Crippen LogP contribution in [0, 0.1) is 15.5 Å². The minimum Gasteiger partial charge on any atom is -0.444 e. The maximum absolute atomic E-state index is 12.4. The maximum Gasteiger partial charge on any atom is 0.411 e. The Balaban J connectivity index is 1.71. The molecule has 0 spiro atoms. The zero-order valence-electron chi connectivity index (χ0n) is 16.7. The van der Waals surface area contributed by atoms with Crippen LogP contribution in [0.3, 0.4) is 0 Å². The molecule has 1 amide bonds. The number of rotatable bonds is 6. The van der Waals surface area contributed by atoms with E-state index in [0.717, 1.165) is 11.0 Å². The van der Waals surface area contributed by atoms with E-state index in [0.29, 0.717) is 18.7 Å². The molecule has 0 unspecified atom stereocenters. The van der Waals surface area contributed by atoms with Crippen molar-refractivity contribution in [3.63, 3.8) is 0 Å². The van der Waals surface area contributed by atoms with Crippen molar-refractivity contribution in [2.24, 2.45) is 5.41 Å². The molecule has 1 aromatic heterocycles. The van der Waals surface area contributed by atoms with Crippen LogP contribution in [0.4, 0.5) is 16.2 Å². The third-order valence-electron chi connectivity index (χ3n) is 4.37. The third kappa shape index (κ3) is 5.54. The number of non-ortho nitro benzene ring substituents is 1. The second-order valence-corrected chi connectivity index (χ2v) is 8.11. The molecule has 1 heterocycles. The fraction of sp³-hybridized carbons (Fsp3) is 0.333. The number of nitrogens with one attached hydrogen (secondary N) is 1. The van der Waals surface area contributed by atoms with Crippen molar-refractivity contribution in [2.45, 2.75) is 39.8 Å². The summed E-state index contributed by atoms with van der Waals surface area (Å²) in [5.41, 5.74) is 2.21. The fourth-order valence-electron chi connectivity index (χ4n) is 3.17.